The maximum atomic E-state index is 12.4. The van der Waals surface area contributed by atoms with Crippen LogP contribution in [0.2, 0.25) is 0 Å². The van der Waals surface area contributed by atoms with Crippen molar-refractivity contribution in [2.24, 2.45) is 0 Å². The van der Waals surface area contributed by atoms with Gasteiger partial charge < -0.3 is 10.4 Å². The van der Waals surface area contributed by atoms with Gasteiger partial charge in [-0.25, -0.2) is 0 Å². The van der Waals surface area contributed by atoms with E-state index < -0.39 is 12.0 Å². The third-order valence-corrected chi connectivity index (χ3v) is 3.41. The lowest BCUT2D eigenvalue weighted by Gasteiger charge is -2.16. The minimum atomic E-state index is -0.962. The molecule has 0 saturated carbocycles. The van der Waals surface area contributed by atoms with Crippen molar-refractivity contribution in [1.82, 2.24) is 5.32 Å². The van der Waals surface area contributed by atoms with Gasteiger partial charge in [-0.2, -0.15) is 0 Å². The molecule has 2 N–H and O–H groups in total. The maximum absolute atomic E-state index is 12.4. The van der Waals surface area contributed by atoms with Crippen LogP contribution in [0.25, 0.3) is 0 Å². The van der Waals surface area contributed by atoms with E-state index in [0.29, 0.717) is 12.1 Å². The van der Waals surface area contributed by atoms with E-state index in [1.54, 1.807) is 6.07 Å². The van der Waals surface area contributed by atoms with E-state index in [0.717, 1.165) is 24.0 Å². The molecular formula is C16H23NO3. The number of unbranched alkanes of at least 4 members (excludes halogenated alkanes) is 1. The zero-order chi connectivity index (χ0) is 15.1. The van der Waals surface area contributed by atoms with Gasteiger partial charge in [0.15, 0.2) is 5.78 Å². The molecule has 0 aliphatic rings. The first-order chi connectivity index (χ1) is 9.45. The van der Waals surface area contributed by atoms with Gasteiger partial charge in [0.2, 0.25) is 0 Å². The van der Waals surface area contributed by atoms with E-state index in [-0.39, 0.29) is 12.2 Å². The Balaban J connectivity index is 2.84. The Bertz CT molecular complexity index is 483. The molecule has 0 radical (unpaired) electrons. The molecule has 0 spiro atoms. The Morgan fingerprint density at radius 2 is 1.95 bits per heavy atom. The minimum absolute atomic E-state index is 0.147. The number of benzene rings is 1. The number of carbonyl (C=O) groups is 2. The lowest BCUT2D eigenvalue weighted by atomic mass is 9.98. The minimum Gasteiger partial charge on any atom is -0.481 e. The molecule has 0 heterocycles. The van der Waals surface area contributed by atoms with Crippen LogP contribution in [-0.2, 0) is 4.79 Å². The van der Waals surface area contributed by atoms with Crippen molar-refractivity contribution in [1.29, 1.82) is 0 Å². The third-order valence-electron chi connectivity index (χ3n) is 3.41. The van der Waals surface area contributed by atoms with Gasteiger partial charge in [-0.05, 0) is 44.0 Å². The Kier molecular flexibility index (Phi) is 6.39. The average Bonchev–Trinajstić information content (AvgIpc) is 2.40. The predicted octanol–water partition coefficient (Wildman–Crippen LogP) is 2.72. The van der Waals surface area contributed by atoms with Gasteiger partial charge in [0.25, 0.3) is 0 Å². The van der Waals surface area contributed by atoms with Gasteiger partial charge in [0, 0.05) is 5.56 Å². The summed E-state index contributed by atoms with van der Waals surface area (Å²) in [4.78, 5) is 23.3. The summed E-state index contributed by atoms with van der Waals surface area (Å²) in [6.07, 6.45) is 1.75. The second-order valence-corrected chi connectivity index (χ2v) is 5.12. The molecule has 0 amide bonds. The topological polar surface area (TPSA) is 66.4 Å². The molecule has 0 aliphatic carbocycles. The SMILES string of the molecule is CCCCNC(CC(=O)O)C(=O)c1ccc(C)c(C)c1. The largest absolute Gasteiger partial charge is 0.481 e. The number of hydrogen-bond donors (Lipinski definition) is 2. The molecule has 20 heavy (non-hydrogen) atoms. The first kappa shape index (κ1) is 16.4. The average molecular weight is 277 g/mol. The number of rotatable bonds is 8. The predicted molar refractivity (Wildman–Crippen MR) is 79.2 cm³/mol. The molecule has 1 aromatic rings. The van der Waals surface area contributed by atoms with Crippen molar-refractivity contribution in [2.45, 2.75) is 46.1 Å². The highest BCUT2D eigenvalue weighted by atomic mass is 16.4. The maximum Gasteiger partial charge on any atom is 0.305 e. The third kappa shape index (κ3) is 4.78. The highest BCUT2D eigenvalue weighted by Crippen LogP contribution is 2.13. The Labute approximate surface area is 120 Å². The van der Waals surface area contributed by atoms with E-state index in [9.17, 15) is 9.59 Å². The molecule has 1 atom stereocenters. The van der Waals surface area contributed by atoms with Crippen LogP contribution in [0.1, 0.15) is 47.7 Å². The van der Waals surface area contributed by atoms with Crippen molar-refractivity contribution < 1.29 is 14.7 Å². The molecule has 0 aromatic heterocycles. The van der Waals surface area contributed by atoms with Gasteiger partial charge in [-0.1, -0.05) is 25.5 Å². The van der Waals surface area contributed by atoms with Crippen LogP contribution in [0, 0.1) is 13.8 Å². The number of aliphatic carboxylic acids is 1. The molecule has 1 aromatic carbocycles. The van der Waals surface area contributed by atoms with Gasteiger partial charge in [0.05, 0.1) is 12.5 Å². The first-order valence-corrected chi connectivity index (χ1v) is 7.02. The summed E-state index contributed by atoms with van der Waals surface area (Å²) in [5.74, 6) is -1.11. The van der Waals surface area contributed by atoms with Crippen LogP contribution >= 0.6 is 0 Å². The van der Waals surface area contributed by atoms with E-state index in [1.807, 2.05) is 26.0 Å². The molecule has 4 nitrogen and oxygen atoms in total. The highest BCUT2D eigenvalue weighted by Gasteiger charge is 2.22. The van der Waals surface area contributed by atoms with E-state index >= 15 is 0 Å². The van der Waals surface area contributed by atoms with Crippen LogP contribution < -0.4 is 5.32 Å². The van der Waals surface area contributed by atoms with Crippen LogP contribution in [0.5, 0.6) is 0 Å². The van der Waals surface area contributed by atoms with Crippen LogP contribution in [-0.4, -0.2) is 29.4 Å². The standard InChI is InChI=1S/C16H23NO3/c1-4-5-8-17-14(10-15(18)19)16(20)13-7-6-11(2)12(3)9-13/h6-7,9,14,17H,4-5,8,10H2,1-3H3,(H,18,19). The Morgan fingerprint density at radius 1 is 1.25 bits per heavy atom. The quantitative estimate of drug-likeness (QED) is 0.566. The molecule has 0 saturated heterocycles. The highest BCUT2D eigenvalue weighted by molar-refractivity contribution is 6.01. The number of carboxylic acids is 1. The van der Waals surface area contributed by atoms with Crippen molar-refractivity contribution in [2.75, 3.05) is 6.54 Å². The first-order valence-electron chi connectivity index (χ1n) is 7.02. The summed E-state index contributed by atoms with van der Waals surface area (Å²) in [5.41, 5.74) is 2.73. The van der Waals surface area contributed by atoms with Gasteiger partial charge >= 0.3 is 5.97 Å². The number of carbonyl (C=O) groups excluding carboxylic acids is 1. The van der Waals surface area contributed by atoms with Crippen molar-refractivity contribution >= 4 is 11.8 Å². The van der Waals surface area contributed by atoms with Gasteiger partial charge in [-0.15, -0.1) is 0 Å². The number of hydrogen-bond acceptors (Lipinski definition) is 3. The van der Waals surface area contributed by atoms with Crippen LogP contribution in [0.3, 0.4) is 0 Å². The molecule has 0 bridgehead atoms. The molecule has 0 fully saturated rings. The van der Waals surface area contributed by atoms with Gasteiger partial charge in [-0.3, -0.25) is 9.59 Å². The number of Topliss-reactive ketones (excluding diaryl/α,β-unsaturated/α-hetero) is 1. The van der Waals surface area contributed by atoms with Crippen LogP contribution in [0.4, 0.5) is 0 Å². The fraction of sp³-hybridized carbons (Fsp3) is 0.500. The molecular weight excluding hydrogens is 254 g/mol. The second-order valence-electron chi connectivity index (χ2n) is 5.12. The Hall–Kier alpha value is -1.68. The zero-order valence-electron chi connectivity index (χ0n) is 12.4. The number of aryl methyl sites for hydroxylation is 2. The fourth-order valence-electron chi connectivity index (χ4n) is 1.98. The monoisotopic (exact) mass is 277 g/mol. The lowest BCUT2D eigenvalue weighted by Crippen LogP contribution is -2.39. The molecule has 1 unspecified atom stereocenters. The fourth-order valence-corrected chi connectivity index (χ4v) is 1.98. The summed E-state index contributed by atoms with van der Waals surface area (Å²) >= 11 is 0. The summed E-state index contributed by atoms with van der Waals surface area (Å²) in [5, 5.41) is 12.0. The van der Waals surface area contributed by atoms with Crippen molar-refractivity contribution in [3.63, 3.8) is 0 Å². The number of ketones is 1. The van der Waals surface area contributed by atoms with E-state index in [2.05, 4.69) is 12.2 Å². The zero-order valence-corrected chi connectivity index (χ0v) is 12.4. The number of nitrogens with one attached hydrogen (secondary N) is 1. The smallest absolute Gasteiger partial charge is 0.305 e. The number of carboxylic acid groups (broad SMARTS) is 1. The molecule has 4 heteroatoms. The van der Waals surface area contributed by atoms with E-state index in [4.69, 9.17) is 5.11 Å². The molecule has 110 valence electrons. The normalized spacial score (nSPS) is 12.2. The second kappa shape index (κ2) is 7.80. The lowest BCUT2D eigenvalue weighted by molar-refractivity contribution is -0.137. The van der Waals surface area contributed by atoms with Gasteiger partial charge in [0.1, 0.15) is 0 Å². The van der Waals surface area contributed by atoms with Crippen molar-refractivity contribution in [3.8, 4) is 0 Å². The Morgan fingerprint density at radius 3 is 2.50 bits per heavy atom. The molecule has 1 rings (SSSR count). The summed E-state index contributed by atoms with van der Waals surface area (Å²) in [6, 6.07) is 4.84. The molecule has 0 aliphatic heterocycles. The summed E-state index contributed by atoms with van der Waals surface area (Å²) in [7, 11) is 0. The van der Waals surface area contributed by atoms with E-state index in [1.165, 1.54) is 0 Å². The van der Waals surface area contributed by atoms with Crippen molar-refractivity contribution in [3.05, 3.63) is 34.9 Å². The summed E-state index contributed by atoms with van der Waals surface area (Å²) in [6.45, 7) is 6.64. The summed E-state index contributed by atoms with van der Waals surface area (Å²) < 4.78 is 0. The van der Waals surface area contributed by atoms with Crippen LogP contribution in [0.15, 0.2) is 18.2 Å².